The Morgan fingerprint density at radius 1 is 0.850 bits per heavy atom. The predicted octanol–water partition coefficient (Wildman–Crippen LogP) is 4.22. The van der Waals surface area contributed by atoms with Gasteiger partial charge in [0.25, 0.3) is 0 Å². The number of nitrogens with zero attached hydrogens (tertiary/aromatic N) is 2. The molecule has 0 amide bonds. The summed E-state index contributed by atoms with van der Waals surface area (Å²) in [6.07, 6.45) is 4.13. The second kappa shape index (κ2) is 5.53. The van der Waals surface area contributed by atoms with Crippen molar-refractivity contribution < 1.29 is 4.42 Å². The van der Waals surface area contributed by atoms with Gasteiger partial charge in [-0.1, -0.05) is 60.7 Å². The number of hydrogen-bond acceptors (Lipinski definition) is 3. The van der Waals surface area contributed by atoms with Crippen molar-refractivity contribution in [2.24, 2.45) is 0 Å². The lowest BCUT2D eigenvalue weighted by Crippen LogP contribution is -1.83. The van der Waals surface area contributed by atoms with Crippen LogP contribution in [0.15, 0.2) is 59.0 Å². The third-order valence-electron chi connectivity index (χ3n) is 2.97. The van der Waals surface area contributed by atoms with Gasteiger partial charge in [-0.2, -0.15) is 0 Å². The summed E-state index contributed by atoms with van der Waals surface area (Å²) < 4.78 is 5.51. The largest absolute Gasteiger partial charge is 0.421 e. The molecule has 3 rings (SSSR count). The number of hydrogen-bond donors (Lipinski definition) is 0. The van der Waals surface area contributed by atoms with E-state index in [4.69, 9.17) is 4.42 Å². The molecule has 20 heavy (non-hydrogen) atoms. The van der Waals surface area contributed by atoms with Gasteiger partial charge < -0.3 is 4.42 Å². The van der Waals surface area contributed by atoms with E-state index in [1.54, 1.807) is 6.92 Å². The number of aryl methyl sites for hydroxylation is 1. The SMILES string of the molecule is Cc1nnc(-c2ccccc2C=Cc2ccccc2)o1. The summed E-state index contributed by atoms with van der Waals surface area (Å²) in [5.74, 6) is 1.12. The minimum absolute atomic E-state index is 0.552. The van der Waals surface area contributed by atoms with Crippen LogP contribution in [0.1, 0.15) is 17.0 Å². The average molecular weight is 262 g/mol. The smallest absolute Gasteiger partial charge is 0.248 e. The van der Waals surface area contributed by atoms with Gasteiger partial charge in [0.1, 0.15) is 0 Å². The van der Waals surface area contributed by atoms with Gasteiger partial charge in [-0.05, 0) is 17.2 Å². The summed E-state index contributed by atoms with van der Waals surface area (Å²) in [6, 6.07) is 18.2. The molecule has 0 atom stereocenters. The summed E-state index contributed by atoms with van der Waals surface area (Å²) in [4.78, 5) is 0. The Kier molecular flexibility index (Phi) is 3.42. The average Bonchev–Trinajstić information content (AvgIpc) is 2.93. The monoisotopic (exact) mass is 262 g/mol. The van der Waals surface area contributed by atoms with E-state index in [0.717, 1.165) is 16.7 Å². The first kappa shape index (κ1) is 12.4. The summed E-state index contributed by atoms with van der Waals surface area (Å²) in [5, 5.41) is 7.96. The van der Waals surface area contributed by atoms with Crippen LogP contribution in [0.25, 0.3) is 23.6 Å². The van der Waals surface area contributed by atoms with Crippen molar-refractivity contribution in [2.75, 3.05) is 0 Å². The van der Waals surface area contributed by atoms with Crippen LogP contribution in [0.4, 0.5) is 0 Å². The van der Waals surface area contributed by atoms with Crippen molar-refractivity contribution in [3.05, 3.63) is 71.6 Å². The Morgan fingerprint density at radius 2 is 1.60 bits per heavy atom. The van der Waals surface area contributed by atoms with Crippen LogP contribution in [0.5, 0.6) is 0 Å². The first-order chi connectivity index (χ1) is 9.83. The van der Waals surface area contributed by atoms with Gasteiger partial charge in [0, 0.05) is 12.5 Å². The van der Waals surface area contributed by atoms with E-state index in [-0.39, 0.29) is 0 Å². The number of benzene rings is 2. The van der Waals surface area contributed by atoms with Crippen molar-refractivity contribution in [3.63, 3.8) is 0 Å². The van der Waals surface area contributed by atoms with Gasteiger partial charge in [0.15, 0.2) is 0 Å². The van der Waals surface area contributed by atoms with Gasteiger partial charge in [0.05, 0.1) is 0 Å². The highest BCUT2D eigenvalue weighted by Crippen LogP contribution is 2.24. The highest BCUT2D eigenvalue weighted by Gasteiger charge is 2.08. The molecule has 0 saturated carbocycles. The van der Waals surface area contributed by atoms with Crippen LogP contribution in [-0.2, 0) is 0 Å². The van der Waals surface area contributed by atoms with Gasteiger partial charge in [-0.25, -0.2) is 0 Å². The second-order valence-corrected chi connectivity index (χ2v) is 4.46. The van der Waals surface area contributed by atoms with E-state index in [1.807, 2.05) is 42.5 Å². The topological polar surface area (TPSA) is 38.9 Å². The molecular formula is C17H14N2O. The first-order valence-electron chi connectivity index (χ1n) is 6.45. The molecule has 2 aromatic carbocycles. The molecule has 0 spiro atoms. The molecule has 0 fully saturated rings. The maximum Gasteiger partial charge on any atom is 0.248 e. The first-order valence-corrected chi connectivity index (χ1v) is 6.45. The van der Waals surface area contributed by atoms with E-state index >= 15 is 0 Å². The third-order valence-corrected chi connectivity index (χ3v) is 2.97. The normalized spacial score (nSPS) is 11.1. The van der Waals surface area contributed by atoms with Gasteiger partial charge in [-0.15, -0.1) is 10.2 Å². The molecule has 1 aromatic heterocycles. The molecule has 3 aromatic rings. The van der Waals surface area contributed by atoms with Crippen LogP contribution in [0.3, 0.4) is 0 Å². The highest BCUT2D eigenvalue weighted by molar-refractivity contribution is 5.77. The minimum atomic E-state index is 0.552. The Balaban J connectivity index is 1.96. The van der Waals surface area contributed by atoms with Crippen LogP contribution in [-0.4, -0.2) is 10.2 Å². The molecule has 1 heterocycles. The molecule has 0 aliphatic carbocycles. The van der Waals surface area contributed by atoms with Crippen LogP contribution in [0.2, 0.25) is 0 Å². The van der Waals surface area contributed by atoms with Crippen LogP contribution < -0.4 is 0 Å². The summed E-state index contributed by atoms with van der Waals surface area (Å²) in [5.41, 5.74) is 3.16. The molecule has 0 aliphatic heterocycles. The Hall–Kier alpha value is -2.68. The minimum Gasteiger partial charge on any atom is -0.421 e. The van der Waals surface area contributed by atoms with Gasteiger partial charge in [0.2, 0.25) is 11.8 Å². The van der Waals surface area contributed by atoms with Gasteiger partial charge >= 0.3 is 0 Å². The molecule has 0 unspecified atom stereocenters. The lowest BCUT2D eigenvalue weighted by molar-refractivity contribution is 0.532. The van der Waals surface area contributed by atoms with Crippen molar-refractivity contribution >= 4 is 12.2 Å². The van der Waals surface area contributed by atoms with Crippen molar-refractivity contribution in [1.82, 2.24) is 10.2 Å². The zero-order chi connectivity index (χ0) is 13.8. The van der Waals surface area contributed by atoms with E-state index in [0.29, 0.717) is 11.8 Å². The number of aromatic nitrogens is 2. The maximum absolute atomic E-state index is 5.51. The van der Waals surface area contributed by atoms with Crippen molar-refractivity contribution in [2.45, 2.75) is 6.92 Å². The Bertz CT molecular complexity index is 730. The standard InChI is InChI=1S/C17H14N2O/c1-13-18-19-17(20-13)16-10-6-5-9-15(16)12-11-14-7-3-2-4-8-14/h2-12H,1H3. The van der Waals surface area contributed by atoms with Crippen molar-refractivity contribution in [1.29, 1.82) is 0 Å². The highest BCUT2D eigenvalue weighted by atomic mass is 16.4. The van der Waals surface area contributed by atoms with Crippen LogP contribution >= 0.6 is 0 Å². The molecule has 98 valence electrons. The van der Waals surface area contributed by atoms with E-state index in [1.165, 1.54) is 0 Å². The number of rotatable bonds is 3. The van der Waals surface area contributed by atoms with Gasteiger partial charge in [-0.3, -0.25) is 0 Å². The molecule has 3 heteroatoms. The van der Waals surface area contributed by atoms with E-state index < -0.39 is 0 Å². The quantitative estimate of drug-likeness (QED) is 0.663. The fraction of sp³-hybridized carbons (Fsp3) is 0.0588. The third kappa shape index (κ3) is 2.67. The summed E-state index contributed by atoms with van der Waals surface area (Å²) >= 11 is 0. The molecule has 0 N–H and O–H groups in total. The molecule has 0 radical (unpaired) electrons. The summed E-state index contributed by atoms with van der Waals surface area (Å²) in [6.45, 7) is 1.79. The Labute approximate surface area is 117 Å². The zero-order valence-corrected chi connectivity index (χ0v) is 11.2. The van der Waals surface area contributed by atoms with Crippen molar-refractivity contribution in [3.8, 4) is 11.5 Å². The molecular weight excluding hydrogens is 248 g/mol. The summed E-state index contributed by atoms with van der Waals surface area (Å²) in [7, 11) is 0. The molecule has 0 bridgehead atoms. The lowest BCUT2D eigenvalue weighted by atomic mass is 10.1. The predicted molar refractivity (Wildman–Crippen MR) is 79.8 cm³/mol. The molecule has 0 saturated heterocycles. The zero-order valence-electron chi connectivity index (χ0n) is 11.2. The lowest BCUT2D eigenvalue weighted by Gasteiger charge is -2.01. The molecule has 0 aliphatic rings. The Morgan fingerprint density at radius 3 is 2.35 bits per heavy atom. The van der Waals surface area contributed by atoms with E-state index in [9.17, 15) is 0 Å². The fourth-order valence-corrected chi connectivity index (χ4v) is 1.99. The van der Waals surface area contributed by atoms with E-state index in [2.05, 4.69) is 34.5 Å². The second-order valence-electron chi connectivity index (χ2n) is 4.46. The maximum atomic E-state index is 5.51. The molecule has 3 nitrogen and oxygen atoms in total. The fourth-order valence-electron chi connectivity index (χ4n) is 1.99. The van der Waals surface area contributed by atoms with Crippen LogP contribution in [0, 0.1) is 6.92 Å².